The fourth-order valence-corrected chi connectivity index (χ4v) is 3.22. The van der Waals surface area contributed by atoms with Gasteiger partial charge in [0.15, 0.2) is 0 Å². The molecule has 0 saturated heterocycles. The number of nitrogens with zero attached hydrogens (tertiary/aromatic N) is 2. The molecular formula is C14H20N4O3S2. The minimum absolute atomic E-state index is 0.114. The van der Waals surface area contributed by atoms with E-state index in [0.29, 0.717) is 37.0 Å². The van der Waals surface area contributed by atoms with Crippen molar-refractivity contribution in [1.82, 2.24) is 13.5 Å². The lowest BCUT2D eigenvalue weighted by atomic mass is 10.2. The number of aromatic nitrogens is 2. The first-order chi connectivity index (χ1) is 10.9. The smallest absolute Gasteiger partial charge is 0.224 e. The zero-order chi connectivity index (χ0) is 16.9. The van der Waals surface area contributed by atoms with Crippen molar-refractivity contribution in [3.05, 3.63) is 18.2 Å². The van der Waals surface area contributed by atoms with Gasteiger partial charge in [0.05, 0.1) is 22.7 Å². The molecule has 0 aliphatic rings. The van der Waals surface area contributed by atoms with E-state index in [9.17, 15) is 13.2 Å². The second-order valence-corrected chi connectivity index (χ2v) is 8.28. The Kier molecular flexibility index (Phi) is 6.03. The van der Waals surface area contributed by atoms with Gasteiger partial charge in [-0.25, -0.2) is 13.1 Å². The summed E-state index contributed by atoms with van der Waals surface area (Å²) in [7, 11) is -3.23. The molecule has 2 aromatic rings. The predicted molar refractivity (Wildman–Crippen MR) is 92.0 cm³/mol. The summed E-state index contributed by atoms with van der Waals surface area (Å²) >= 11 is 1.11. The number of sulfonamides is 1. The first-order valence-corrected chi connectivity index (χ1v) is 9.67. The van der Waals surface area contributed by atoms with Gasteiger partial charge in [-0.05, 0) is 38.8 Å². The van der Waals surface area contributed by atoms with Gasteiger partial charge in [-0.15, -0.1) is 0 Å². The van der Waals surface area contributed by atoms with Gasteiger partial charge in [0.25, 0.3) is 0 Å². The van der Waals surface area contributed by atoms with Crippen LogP contribution in [0.1, 0.15) is 33.1 Å². The Morgan fingerprint density at radius 2 is 2.04 bits per heavy atom. The molecule has 9 heteroatoms. The van der Waals surface area contributed by atoms with E-state index in [1.807, 2.05) is 12.1 Å². The summed E-state index contributed by atoms with van der Waals surface area (Å²) in [6, 6.07) is 5.45. The molecule has 0 fully saturated rings. The van der Waals surface area contributed by atoms with Crippen LogP contribution in [0, 0.1) is 0 Å². The molecule has 1 aromatic carbocycles. The lowest BCUT2D eigenvalue weighted by Gasteiger charge is -2.09. The minimum atomic E-state index is -3.23. The third kappa shape index (κ3) is 4.95. The summed E-state index contributed by atoms with van der Waals surface area (Å²) in [5, 5.41) is 2.38. The van der Waals surface area contributed by atoms with Crippen LogP contribution in [0.3, 0.4) is 0 Å². The number of benzene rings is 1. The molecule has 0 radical (unpaired) electrons. The second kappa shape index (κ2) is 7.80. The van der Waals surface area contributed by atoms with Crippen LogP contribution in [0.4, 0.5) is 5.69 Å². The van der Waals surface area contributed by atoms with Gasteiger partial charge in [-0.1, -0.05) is 6.07 Å². The molecular weight excluding hydrogens is 336 g/mol. The van der Waals surface area contributed by atoms with Crippen LogP contribution in [0.15, 0.2) is 18.2 Å². The van der Waals surface area contributed by atoms with Gasteiger partial charge in [0.2, 0.25) is 15.9 Å². The molecule has 0 spiro atoms. The lowest BCUT2D eigenvalue weighted by molar-refractivity contribution is -0.116. The van der Waals surface area contributed by atoms with Crippen molar-refractivity contribution in [2.75, 3.05) is 11.9 Å². The number of anilines is 1. The van der Waals surface area contributed by atoms with Crippen molar-refractivity contribution in [2.24, 2.45) is 0 Å². The van der Waals surface area contributed by atoms with E-state index >= 15 is 0 Å². The van der Waals surface area contributed by atoms with Crippen LogP contribution >= 0.6 is 11.7 Å². The Balaban J connectivity index is 1.75. The number of nitrogens with one attached hydrogen (secondary N) is 2. The zero-order valence-corrected chi connectivity index (χ0v) is 14.7. The van der Waals surface area contributed by atoms with Crippen molar-refractivity contribution in [2.45, 2.75) is 38.4 Å². The summed E-state index contributed by atoms with van der Waals surface area (Å²) < 4.78 is 33.9. The van der Waals surface area contributed by atoms with Gasteiger partial charge in [-0.2, -0.15) is 8.75 Å². The highest BCUT2D eigenvalue weighted by atomic mass is 32.2. The van der Waals surface area contributed by atoms with Crippen LogP contribution in [-0.4, -0.2) is 34.9 Å². The van der Waals surface area contributed by atoms with Gasteiger partial charge in [-0.3, -0.25) is 4.79 Å². The summed E-state index contributed by atoms with van der Waals surface area (Å²) in [4.78, 5) is 12.0. The summed E-state index contributed by atoms with van der Waals surface area (Å²) in [5.41, 5.74) is 2.10. The standard InChI is InChI=1S/C14H20N4O3S2/c1-10(2)23(20,21)15-9-4-3-8-13(19)16-11-6-5-7-12-14(11)18-22-17-12/h5-7,10,15H,3-4,8-9H2,1-2H3,(H,16,19). The van der Waals surface area contributed by atoms with E-state index in [1.165, 1.54) is 0 Å². The van der Waals surface area contributed by atoms with Crippen LogP contribution in [0.2, 0.25) is 0 Å². The Morgan fingerprint density at radius 3 is 2.78 bits per heavy atom. The highest BCUT2D eigenvalue weighted by Gasteiger charge is 2.14. The largest absolute Gasteiger partial charge is 0.324 e. The van der Waals surface area contributed by atoms with Gasteiger partial charge < -0.3 is 5.32 Å². The molecule has 0 aliphatic heterocycles. The Labute approximate surface area is 139 Å². The van der Waals surface area contributed by atoms with Crippen molar-refractivity contribution < 1.29 is 13.2 Å². The third-order valence-electron chi connectivity index (χ3n) is 3.31. The first kappa shape index (κ1) is 17.8. The SMILES string of the molecule is CC(C)S(=O)(=O)NCCCCC(=O)Nc1cccc2nsnc12. The zero-order valence-electron chi connectivity index (χ0n) is 13.1. The fourth-order valence-electron chi connectivity index (χ4n) is 1.91. The van der Waals surface area contributed by atoms with Crippen LogP contribution in [0.25, 0.3) is 11.0 Å². The van der Waals surface area contributed by atoms with E-state index in [4.69, 9.17) is 0 Å². The average Bonchev–Trinajstić information content (AvgIpc) is 2.96. The average molecular weight is 356 g/mol. The van der Waals surface area contributed by atoms with Crippen molar-refractivity contribution in [1.29, 1.82) is 0 Å². The van der Waals surface area contributed by atoms with E-state index < -0.39 is 15.3 Å². The highest BCUT2D eigenvalue weighted by molar-refractivity contribution is 7.90. The fraction of sp³-hybridized carbons (Fsp3) is 0.500. The van der Waals surface area contributed by atoms with E-state index in [2.05, 4.69) is 18.8 Å². The Bertz CT molecular complexity index is 771. The number of fused-ring (bicyclic) bond motifs is 1. The van der Waals surface area contributed by atoms with Gasteiger partial charge >= 0.3 is 0 Å². The molecule has 0 unspecified atom stereocenters. The number of rotatable bonds is 8. The number of hydrogen-bond donors (Lipinski definition) is 2. The lowest BCUT2D eigenvalue weighted by Crippen LogP contribution is -2.31. The number of unbranched alkanes of at least 4 members (excludes halogenated alkanes) is 1. The molecule has 1 heterocycles. The van der Waals surface area contributed by atoms with Crippen molar-refractivity contribution in [3.8, 4) is 0 Å². The minimum Gasteiger partial charge on any atom is -0.324 e. The maximum absolute atomic E-state index is 12.0. The van der Waals surface area contributed by atoms with E-state index in [-0.39, 0.29) is 5.91 Å². The molecule has 2 N–H and O–H groups in total. The maximum Gasteiger partial charge on any atom is 0.224 e. The van der Waals surface area contributed by atoms with Gasteiger partial charge in [0, 0.05) is 13.0 Å². The molecule has 0 aliphatic carbocycles. The van der Waals surface area contributed by atoms with Crippen LogP contribution in [0.5, 0.6) is 0 Å². The van der Waals surface area contributed by atoms with Crippen molar-refractivity contribution >= 4 is 44.4 Å². The second-order valence-electron chi connectivity index (χ2n) is 5.43. The topological polar surface area (TPSA) is 101 Å². The molecule has 0 bridgehead atoms. The molecule has 0 atom stereocenters. The summed E-state index contributed by atoms with van der Waals surface area (Å²) in [6.45, 7) is 3.60. The molecule has 7 nitrogen and oxygen atoms in total. The highest BCUT2D eigenvalue weighted by Crippen LogP contribution is 2.21. The monoisotopic (exact) mass is 356 g/mol. The molecule has 1 aromatic heterocycles. The van der Waals surface area contributed by atoms with E-state index in [1.54, 1.807) is 19.9 Å². The summed E-state index contributed by atoms with van der Waals surface area (Å²) in [5.74, 6) is -0.114. The first-order valence-electron chi connectivity index (χ1n) is 7.40. The van der Waals surface area contributed by atoms with Crippen LogP contribution in [-0.2, 0) is 14.8 Å². The van der Waals surface area contributed by atoms with Gasteiger partial charge in [0.1, 0.15) is 11.0 Å². The third-order valence-corrected chi connectivity index (χ3v) is 5.70. The number of carbonyl (C=O) groups excluding carboxylic acids is 1. The number of amides is 1. The Hall–Kier alpha value is -1.58. The number of carbonyl (C=O) groups is 1. The molecule has 0 saturated carbocycles. The molecule has 126 valence electrons. The summed E-state index contributed by atoms with van der Waals surface area (Å²) in [6.07, 6.45) is 1.55. The number of hydrogen-bond acceptors (Lipinski definition) is 6. The molecule has 23 heavy (non-hydrogen) atoms. The Morgan fingerprint density at radius 1 is 1.26 bits per heavy atom. The maximum atomic E-state index is 12.0. The predicted octanol–water partition coefficient (Wildman–Crippen LogP) is 2.13. The molecule has 2 rings (SSSR count). The van der Waals surface area contributed by atoms with Crippen LogP contribution < -0.4 is 10.0 Å². The molecule has 1 amide bonds. The van der Waals surface area contributed by atoms with E-state index in [0.717, 1.165) is 17.2 Å². The normalized spacial score (nSPS) is 12.0. The quantitative estimate of drug-likeness (QED) is 0.706. The van der Waals surface area contributed by atoms with Crippen molar-refractivity contribution in [3.63, 3.8) is 0 Å².